The van der Waals surface area contributed by atoms with Gasteiger partial charge in [-0.05, 0) is 6.92 Å². The third kappa shape index (κ3) is 3.65. The summed E-state index contributed by atoms with van der Waals surface area (Å²) < 4.78 is 10.9. The highest BCUT2D eigenvalue weighted by atomic mass is 16.6. The van der Waals surface area contributed by atoms with Crippen LogP contribution in [0.4, 0.5) is 0 Å². The first-order valence-electron chi connectivity index (χ1n) is 6.45. The summed E-state index contributed by atoms with van der Waals surface area (Å²) in [7, 11) is 0. The number of aromatic nitrogens is 2. The molecule has 0 radical (unpaired) electrons. The zero-order chi connectivity index (χ0) is 13.0. The predicted octanol–water partition coefficient (Wildman–Crippen LogP) is 1.45. The van der Waals surface area contributed by atoms with E-state index in [0.717, 1.165) is 30.8 Å². The average Bonchev–Trinajstić information content (AvgIpc) is 2.80. The van der Waals surface area contributed by atoms with Gasteiger partial charge in [0.05, 0.1) is 13.2 Å². The van der Waals surface area contributed by atoms with Crippen LogP contribution in [-0.4, -0.2) is 35.3 Å². The van der Waals surface area contributed by atoms with E-state index in [-0.39, 0.29) is 6.10 Å². The van der Waals surface area contributed by atoms with E-state index in [2.05, 4.69) is 29.1 Å². The van der Waals surface area contributed by atoms with Gasteiger partial charge in [0.25, 0.3) is 0 Å². The molecule has 0 bridgehead atoms. The molecule has 18 heavy (non-hydrogen) atoms. The summed E-state index contributed by atoms with van der Waals surface area (Å²) in [4.78, 5) is 8.64. The molecule has 1 N–H and O–H groups in total. The van der Waals surface area contributed by atoms with Crippen LogP contribution in [0, 0.1) is 6.92 Å². The van der Waals surface area contributed by atoms with Crippen molar-refractivity contribution in [2.45, 2.75) is 45.9 Å². The van der Waals surface area contributed by atoms with Gasteiger partial charge in [0.2, 0.25) is 0 Å². The van der Waals surface area contributed by atoms with E-state index < -0.39 is 0 Å². The van der Waals surface area contributed by atoms with Crippen LogP contribution in [0.5, 0.6) is 6.01 Å². The molecule has 2 rings (SSSR count). The van der Waals surface area contributed by atoms with Gasteiger partial charge in [-0.2, -0.15) is 0 Å². The Morgan fingerprint density at radius 1 is 1.56 bits per heavy atom. The Labute approximate surface area is 108 Å². The Hall–Kier alpha value is -1.20. The molecule has 100 valence electrons. The van der Waals surface area contributed by atoms with Crippen molar-refractivity contribution in [3.8, 4) is 6.01 Å². The monoisotopic (exact) mass is 251 g/mol. The highest BCUT2D eigenvalue weighted by Crippen LogP contribution is 2.14. The smallest absolute Gasteiger partial charge is 0.316 e. The van der Waals surface area contributed by atoms with Gasteiger partial charge in [-0.25, -0.2) is 9.97 Å². The number of ether oxygens (including phenoxy) is 2. The van der Waals surface area contributed by atoms with Crippen molar-refractivity contribution in [3.63, 3.8) is 0 Å². The Kier molecular flexibility index (Phi) is 4.49. The van der Waals surface area contributed by atoms with E-state index >= 15 is 0 Å². The molecule has 0 amide bonds. The SMILES string of the molecule is Cc1nc(OC2CCOC2)ncc1CNC(C)C. The van der Waals surface area contributed by atoms with Crippen molar-refractivity contribution in [3.05, 3.63) is 17.5 Å². The number of hydrogen-bond donors (Lipinski definition) is 1. The molecule has 1 aromatic rings. The summed E-state index contributed by atoms with van der Waals surface area (Å²) in [6.45, 7) is 8.41. The van der Waals surface area contributed by atoms with Crippen LogP contribution in [0.15, 0.2) is 6.20 Å². The highest BCUT2D eigenvalue weighted by Gasteiger charge is 2.18. The van der Waals surface area contributed by atoms with Crippen LogP contribution in [0.3, 0.4) is 0 Å². The lowest BCUT2D eigenvalue weighted by Crippen LogP contribution is -2.23. The summed E-state index contributed by atoms with van der Waals surface area (Å²) in [5.41, 5.74) is 2.07. The molecule has 5 heteroatoms. The molecule has 1 aliphatic heterocycles. The van der Waals surface area contributed by atoms with Gasteiger partial charge in [-0.3, -0.25) is 0 Å². The van der Waals surface area contributed by atoms with E-state index in [1.807, 2.05) is 13.1 Å². The second-order valence-corrected chi connectivity index (χ2v) is 4.90. The molecule has 1 aliphatic rings. The first-order valence-corrected chi connectivity index (χ1v) is 6.45. The zero-order valence-electron chi connectivity index (χ0n) is 11.3. The summed E-state index contributed by atoms with van der Waals surface area (Å²) >= 11 is 0. The number of nitrogens with one attached hydrogen (secondary N) is 1. The topological polar surface area (TPSA) is 56.3 Å². The molecule has 0 aliphatic carbocycles. The van der Waals surface area contributed by atoms with Crippen molar-refractivity contribution >= 4 is 0 Å². The number of hydrogen-bond acceptors (Lipinski definition) is 5. The van der Waals surface area contributed by atoms with Gasteiger partial charge in [-0.1, -0.05) is 13.8 Å². The van der Waals surface area contributed by atoms with Crippen molar-refractivity contribution in [1.29, 1.82) is 0 Å². The van der Waals surface area contributed by atoms with Gasteiger partial charge in [0, 0.05) is 36.5 Å². The maximum absolute atomic E-state index is 5.67. The third-order valence-corrected chi connectivity index (χ3v) is 2.92. The Bertz CT molecular complexity index is 390. The van der Waals surface area contributed by atoms with E-state index in [9.17, 15) is 0 Å². The minimum absolute atomic E-state index is 0.101. The second-order valence-electron chi connectivity index (χ2n) is 4.90. The molecule has 5 nitrogen and oxygen atoms in total. The van der Waals surface area contributed by atoms with Gasteiger partial charge < -0.3 is 14.8 Å². The molecule has 2 heterocycles. The summed E-state index contributed by atoms with van der Waals surface area (Å²) in [6.07, 6.45) is 2.85. The van der Waals surface area contributed by atoms with E-state index in [0.29, 0.717) is 18.7 Å². The van der Waals surface area contributed by atoms with Crippen LogP contribution in [-0.2, 0) is 11.3 Å². The number of rotatable bonds is 5. The fourth-order valence-electron chi connectivity index (χ4n) is 1.77. The van der Waals surface area contributed by atoms with E-state index in [1.54, 1.807) is 0 Å². The fraction of sp³-hybridized carbons (Fsp3) is 0.692. The van der Waals surface area contributed by atoms with Crippen LogP contribution in [0.2, 0.25) is 0 Å². The summed E-state index contributed by atoms with van der Waals surface area (Å²) in [5, 5.41) is 3.35. The maximum atomic E-state index is 5.67. The predicted molar refractivity (Wildman–Crippen MR) is 68.6 cm³/mol. The maximum Gasteiger partial charge on any atom is 0.316 e. The average molecular weight is 251 g/mol. The normalized spacial score (nSPS) is 19.4. The second kappa shape index (κ2) is 6.11. The molecule has 1 atom stereocenters. The lowest BCUT2D eigenvalue weighted by atomic mass is 10.2. The quantitative estimate of drug-likeness (QED) is 0.858. The Morgan fingerprint density at radius 2 is 2.39 bits per heavy atom. The third-order valence-electron chi connectivity index (χ3n) is 2.92. The van der Waals surface area contributed by atoms with Gasteiger partial charge in [-0.15, -0.1) is 0 Å². The van der Waals surface area contributed by atoms with Crippen molar-refractivity contribution < 1.29 is 9.47 Å². The van der Waals surface area contributed by atoms with Crippen LogP contribution < -0.4 is 10.1 Å². The van der Waals surface area contributed by atoms with Crippen molar-refractivity contribution in [2.75, 3.05) is 13.2 Å². The van der Waals surface area contributed by atoms with Crippen molar-refractivity contribution in [2.24, 2.45) is 0 Å². The highest BCUT2D eigenvalue weighted by molar-refractivity contribution is 5.17. The van der Waals surface area contributed by atoms with Crippen LogP contribution >= 0.6 is 0 Å². The summed E-state index contributed by atoms with van der Waals surface area (Å²) in [6, 6.07) is 0.910. The van der Waals surface area contributed by atoms with Gasteiger partial charge in [0.15, 0.2) is 0 Å². The lowest BCUT2D eigenvalue weighted by molar-refractivity contribution is 0.134. The van der Waals surface area contributed by atoms with E-state index in [1.165, 1.54) is 0 Å². The minimum atomic E-state index is 0.101. The van der Waals surface area contributed by atoms with E-state index in [4.69, 9.17) is 9.47 Å². The Balaban J connectivity index is 1.95. The molecule has 1 unspecified atom stereocenters. The lowest BCUT2D eigenvalue weighted by Gasteiger charge is -2.13. The molecule has 0 aromatic carbocycles. The molecule has 1 aromatic heterocycles. The standard InChI is InChI=1S/C13H21N3O2/c1-9(2)14-6-11-7-15-13(16-10(11)3)18-12-4-5-17-8-12/h7,9,12,14H,4-6,8H2,1-3H3. The van der Waals surface area contributed by atoms with Gasteiger partial charge >= 0.3 is 6.01 Å². The number of aryl methyl sites for hydroxylation is 1. The Morgan fingerprint density at radius 3 is 3.00 bits per heavy atom. The molecule has 0 spiro atoms. The fourth-order valence-corrected chi connectivity index (χ4v) is 1.77. The molecular weight excluding hydrogens is 230 g/mol. The molecule has 1 saturated heterocycles. The van der Waals surface area contributed by atoms with Crippen LogP contribution in [0.1, 0.15) is 31.5 Å². The van der Waals surface area contributed by atoms with Crippen molar-refractivity contribution in [1.82, 2.24) is 15.3 Å². The first kappa shape index (κ1) is 13.2. The first-order chi connectivity index (χ1) is 8.65. The summed E-state index contributed by atoms with van der Waals surface area (Å²) in [5.74, 6) is 0. The van der Waals surface area contributed by atoms with Crippen LogP contribution in [0.25, 0.3) is 0 Å². The largest absolute Gasteiger partial charge is 0.458 e. The number of nitrogens with zero attached hydrogens (tertiary/aromatic N) is 2. The molecule has 1 fully saturated rings. The minimum Gasteiger partial charge on any atom is -0.458 e. The zero-order valence-corrected chi connectivity index (χ0v) is 11.3. The molecule has 0 saturated carbocycles. The molecular formula is C13H21N3O2. The van der Waals surface area contributed by atoms with Gasteiger partial charge in [0.1, 0.15) is 6.10 Å².